The molecule has 2 fully saturated rings. The van der Waals surface area contributed by atoms with Crippen molar-refractivity contribution in [2.24, 2.45) is 0 Å². The van der Waals surface area contributed by atoms with E-state index in [1.54, 1.807) is 12.1 Å². The SMILES string of the molecule is Cc1cc(N2CCCOCC2c2cc(NC(=O)C3CCO3)ccc2Cl)nc(N)n1. The first kappa shape index (κ1) is 19.9. The third kappa shape index (κ3) is 4.44. The van der Waals surface area contributed by atoms with E-state index in [0.29, 0.717) is 30.5 Å². The van der Waals surface area contributed by atoms with Crippen LogP contribution in [-0.4, -0.2) is 48.3 Å². The summed E-state index contributed by atoms with van der Waals surface area (Å²) >= 11 is 6.56. The molecule has 2 atom stereocenters. The van der Waals surface area contributed by atoms with Crippen LogP contribution in [0.3, 0.4) is 0 Å². The minimum Gasteiger partial charge on any atom is -0.379 e. The molecule has 0 saturated carbocycles. The van der Waals surface area contributed by atoms with Crippen molar-refractivity contribution in [3.05, 3.63) is 40.5 Å². The van der Waals surface area contributed by atoms with Gasteiger partial charge in [0.05, 0.1) is 19.3 Å². The molecule has 2 aliphatic heterocycles. The van der Waals surface area contributed by atoms with Gasteiger partial charge in [-0.15, -0.1) is 0 Å². The molecule has 2 unspecified atom stereocenters. The zero-order chi connectivity index (χ0) is 20.4. The molecule has 1 amide bonds. The fourth-order valence-electron chi connectivity index (χ4n) is 3.57. The zero-order valence-electron chi connectivity index (χ0n) is 16.2. The third-order valence-corrected chi connectivity index (χ3v) is 5.45. The van der Waals surface area contributed by atoms with E-state index in [0.717, 1.165) is 36.5 Å². The van der Waals surface area contributed by atoms with Gasteiger partial charge in [0.15, 0.2) is 0 Å². The van der Waals surface area contributed by atoms with Crippen LogP contribution in [0.4, 0.5) is 17.5 Å². The molecule has 154 valence electrons. The highest BCUT2D eigenvalue weighted by Crippen LogP contribution is 2.34. The number of hydrogen-bond acceptors (Lipinski definition) is 7. The van der Waals surface area contributed by atoms with Crippen LogP contribution in [0.5, 0.6) is 0 Å². The summed E-state index contributed by atoms with van der Waals surface area (Å²) in [6.07, 6.45) is 1.22. The quantitative estimate of drug-likeness (QED) is 0.788. The van der Waals surface area contributed by atoms with Crippen molar-refractivity contribution in [2.45, 2.75) is 31.9 Å². The summed E-state index contributed by atoms with van der Waals surface area (Å²) in [7, 11) is 0. The molecule has 0 radical (unpaired) electrons. The van der Waals surface area contributed by atoms with Gasteiger partial charge in [0.2, 0.25) is 5.95 Å². The summed E-state index contributed by atoms with van der Waals surface area (Å²) in [6.45, 7) is 4.35. The number of benzene rings is 1. The largest absolute Gasteiger partial charge is 0.379 e. The predicted molar refractivity (Wildman–Crippen MR) is 111 cm³/mol. The Hall–Kier alpha value is -2.42. The van der Waals surface area contributed by atoms with Gasteiger partial charge in [0.25, 0.3) is 5.91 Å². The van der Waals surface area contributed by atoms with Crippen molar-refractivity contribution in [1.82, 2.24) is 9.97 Å². The maximum Gasteiger partial charge on any atom is 0.253 e. The normalized spacial score (nSPS) is 21.9. The van der Waals surface area contributed by atoms with Gasteiger partial charge in [-0.2, -0.15) is 4.98 Å². The van der Waals surface area contributed by atoms with Crippen LogP contribution in [0.1, 0.15) is 30.1 Å². The number of ether oxygens (including phenoxy) is 2. The summed E-state index contributed by atoms with van der Waals surface area (Å²) in [4.78, 5) is 23.0. The Morgan fingerprint density at radius 2 is 2.14 bits per heavy atom. The first-order chi connectivity index (χ1) is 14.0. The van der Waals surface area contributed by atoms with Crippen LogP contribution < -0.4 is 16.0 Å². The van der Waals surface area contributed by atoms with Gasteiger partial charge in [-0.25, -0.2) is 4.98 Å². The fraction of sp³-hybridized carbons (Fsp3) is 0.450. The van der Waals surface area contributed by atoms with Crippen LogP contribution in [-0.2, 0) is 14.3 Å². The molecular weight excluding hydrogens is 394 g/mol. The number of halogens is 1. The van der Waals surface area contributed by atoms with Crippen molar-refractivity contribution in [3.8, 4) is 0 Å². The smallest absolute Gasteiger partial charge is 0.253 e. The van der Waals surface area contributed by atoms with Crippen LogP contribution >= 0.6 is 11.6 Å². The Balaban J connectivity index is 1.65. The lowest BCUT2D eigenvalue weighted by Gasteiger charge is -2.32. The molecule has 2 saturated heterocycles. The highest BCUT2D eigenvalue weighted by Gasteiger charge is 2.29. The number of nitrogens with zero attached hydrogens (tertiary/aromatic N) is 3. The fourth-order valence-corrected chi connectivity index (χ4v) is 3.82. The molecule has 2 aromatic rings. The summed E-state index contributed by atoms with van der Waals surface area (Å²) < 4.78 is 11.1. The van der Waals surface area contributed by atoms with Crippen LogP contribution in [0.2, 0.25) is 5.02 Å². The second-order valence-electron chi connectivity index (χ2n) is 7.24. The second-order valence-corrected chi connectivity index (χ2v) is 7.64. The highest BCUT2D eigenvalue weighted by molar-refractivity contribution is 6.31. The number of aryl methyl sites for hydroxylation is 1. The number of carbonyl (C=O) groups is 1. The minimum absolute atomic E-state index is 0.141. The Kier molecular flexibility index (Phi) is 5.84. The molecule has 29 heavy (non-hydrogen) atoms. The molecule has 9 heteroatoms. The van der Waals surface area contributed by atoms with Gasteiger partial charge in [0.1, 0.15) is 11.9 Å². The molecule has 3 heterocycles. The number of nitrogen functional groups attached to an aromatic ring is 1. The lowest BCUT2D eigenvalue weighted by atomic mass is 10.0. The number of anilines is 3. The number of rotatable bonds is 4. The van der Waals surface area contributed by atoms with E-state index in [2.05, 4.69) is 20.2 Å². The standard InChI is InChI=1S/C20H24ClN5O3/c1-12-9-18(25-20(22)23-12)26-6-2-7-28-11-16(26)14-10-13(3-4-15(14)21)24-19(27)17-5-8-29-17/h3-4,9-10,16-17H,2,5-8,11H2,1H3,(H,24,27)(H2,22,23,25). The van der Waals surface area contributed by atoms with Crippen molar-refractivity contribution < 1.29 is 14.3 Å². The molecule has 0 aliphatic carbocycles. The molecule has 1 aromatic carbocycles. The number of nitrogens with two attached hydrogens (primary N) is 1. The molecule has 1 aromatic heterocycles. The van der Waals surface area contributed by atoms with Crippen LogP contribution in [0.15, 0.2) is 24.3 Å². The van der Waals surface area contributed by atoms with Crippen LogP contribution in [0.25, 0.3) is 0 Å². The molecule has 2 aliphatic rings. The average Bonchev–Trinajstić information content (AvgIpc) is 2.87. The average molecular weight is 418 g/mol. The number of nitrogens with one attached hydrogen (secondary N) is 1. The summed E-state index contributed by atoms with van der Waals surface area (Å²) in [5.41, 5.74) is 8.21. The predicted octanol–water partition coefficient (Wildman–Crippen LogP) is 2.72. The number of aromatic nitrogens is 2. The van der Waals surface area contributed by atoms with Gasteiger partial charge >= 0.3 is 0 Å². The Morgan fingerprint density at radius 1 is 1.31 bits per heavy atom. The molecule has 0 bridgehead atoms. The van der Waals surface area contributed by atoms with Crippen molar-refractivity contribution in [1.29, 1.82) is 0 Å². The van der Waals surface area contributed by atoms with Crippen molar-refractivity contribution in [3.63, 3.8) is 0 Å². The molecule has 4 rings (SSSR count). The Bertz CT molecular complexity index is 885. The van der Waals surface area contributed by atoms with Gasteiger partial charge in [-0.05, 0) is 37.1 Å². The Labute approximate surface area is 174 Å². The third-order valence-electron chi connectivity index (χ3n) is 5.11. The van der Waals surface area contributed by atoms with E-state index < -0.39 is 0 Å². The second kappa shape index (κ2) is 8.52. The first-order valence-corrected chi connectivity index (χ1v) is 10.1. The van der Waals surface area contributed by atoms with Gasteiger partial charge < -0.3 is 25.4 Å². The van der Waals surface area contributed by atoms with Gasteiger partial charge in [0, 0.05) is 42.0 Å². The summed E-state index contributed by atoms with van der Waals surface area (Å²) in [6, 6.07) is 7.20. The molecule has 0 spiro atoms. The van der Waals surface area contributed by atoms with E-state index in [-0.39, 0.29) is 24.0 Å². The maximum atomic E-state index is 12.2. The summed E-state index contributed by atoms with van der Waals surface area (Å²) in [5, 5.41) is 3.51. The monoisotopic (exact) mass is 417 g/mol. The van der Waals surface area contributed by atoms with E-state index in [9.17, 15) is 4.79 Å². The molecule has 3 N–H and O–H groups in total. The van der Waals surface area contributed by atoms with Gasteiger partial charge in [-0.1, -0.05) is 11.6 Å². The number of amides is 1. The number of hydrogen-bond donors (Lipinski definition) is 2. The van der Waals surface area contributed by atoms with E-state index in [4.69, 9.17) is 26.8 Å². The lowest BCUT2D eigenvalue weighted by Crippen LogP contribution is -2.39. The van der Waals surface area contributed by atoms with Gasteiger partial charge in [-0.3, -0.25) is 4.79 Å². The molecule has 8 nitrogen and oxygen atoms in total. The van der Waals surface area contributed by atoms with Crippen molar-refractivity contribution in [2.75, 3.05) is 42.3 Å². The van der Waals surface area contributed by atoms with E-state index in [1.807, 2.05) is 19.1 Å². The van der Waals surface area contributed by atoms with Crippen LogP contribution in [0, 0.1) is 6.92 Å². The van der Waals surface area contributed by atoms with E-state index >= 15 is 0 Å². The first-order valence-electron chi connectivity index (χ1n) is 9.69. The topological polar surface area (TPSA) is 103 Å². The maximum absolute atomic E-state index is 12.2. The van der Waals surface area contributed by atoms with Crippen molar-refractivity contribution >= 4 is 35.0 Å². The lowest BCUT2D eigenvalue weighted by molar-refractivity contribution is -0.139. The zero-order valence-corrected chi connectivity index (χ0v) is 17.0. The highest BCUT2D eigenvalue weighted by atomic mass is 35.5. The summed E-state index contributed by atoms with van der Waals surface area (Å²) in [5.74, 6) is 0.827. The minimum atomic E-state index is -0.376. The Morgan fingerprint density at radius 3 is 2.86 bits per heavy atom. The molecular formula is C20H24ClN5O3. The number of carbonyl (C=O) groups excluding carboxylic acids is 1. The van der Waals surface area contributed by atoms with E-state index in [1.165, 1.54) is 0 Å².